The minimum Gasteiger partial charge on any atom is -0.236 e. The fourth-order valence-electron chi connectivity index (χ4n) is 7.96. The second-order valence-electron chi connectivity index (χ2n) is 14.2. The van der Waals surface area contributed by atoms with E-state index >= 15 is 0 Å². The molecule has 0 N–H and O–H groups in total. The van der Waals surface area contributed by atoms with Crippen LogP contribution in [0.25, 0.3) is 117 Å². The van der Waals surface area contributed by atoms with Gasteiger partial charge in [-0.25, -0.2) is 19.9 Å². The van der Waals surface area contributed by atoms with Gasteiger partial charge in [0, 0.05) is 62.6 Å². The van der Waals surface area contributed by atoms with Crippen molar-refractivity contribution < 1.29 is 0 Å². The summed E-state index contributed by atoms with van der Waals surface area (Å²) in [5.74, 6) is 1.95. The van der Waals surface area contributed by atoms with E-state index in [2.05, 4.69) is 146 Å². The van der Waals surface area contributed by atoms with Gasteiger partial charge in [-0.1, -0.05) is 133 Å². The molecule has 7 heteroatoms. The van der Waals surface area contributed by atoms with Gasteiger partial charge in [-0.15, -0.1) is 34.0 Å². The average Bonchev–Trinajstić information content (AvgIpc) is 3.99. The average molecular weight is 781 g/mol. The molecule has 0 unspecified atom stereocenters. The summed E-state index contributed by atoms with van der Waals surface area (Å²) >= 11 is 5.45. The maximum Gasteiger partial charge on any atom is 0.164 e. The second kappa shape index (κ2) is 13.0. The third kappa shape index (κ3) is 5.46. The number of hydrogen-bond donors (Lipinski definition) is 0. The van der Waals surface area contributed by atoms with Crippen LogP contribution in [0.4, 0.5) is 0 Å². The Morgan fingerprint density at radius 3 is 1.79 bits per heavy atom. The van der Waals surface area contributed by atoms with Crippen LogP contribution in [0.5, 0.6) is 0 Å². The van der Waals surface area contributed by atoms with Gasteiger partial charge >= 0.3 is 0 Å². The molecule has 0 aliphatic rings. The Morgan fingerprint density at radius 2 is 0.982 bits per heavy atom. The van der Waals surface area contributed by atoms with Gasteiger partial charge in [0.25, 0.3) is 0 Å². The van der Waals surface area contributed by atoms with Gasteiger partial charge in [-0.3, -0.25) is 0 Å². The van der Waals surface area contributed by atoms with Crippen molar-refractivity contribution in [1.29, 1.82) is 0 Å². The highest BCUT2D eigenvalue weighted by Gasteiger charge is 2.19. The summed E-state index contributed by atoms with van der Waals surface area (Å²) in [6.07, 6.45) is 0. The van der Waals surface area contributed by atoms with E-state index in [0.29, 0.717) is 17.5 Å². The molecule has 0 saturated carbocycles. The quantitative estimate of drug-likeness (QED) is 0.175. The second-order valence-corrected chi connectivity index (χ2v) is 17.3. The minimum absolute atomic E-state index is 0.650. The van der Waals surface area contributed by atoms with Crippen LogP contribution in [0.2, 0.25) is 0 Å². The van der Waals surface area contributed by atoms with E-state index < -0.39 is 0 Å². The molecule has 0 bridgehead atoms. The molecule has 4 heterocycles. The Balaban J connectivity index is 0.969. The SMILES string of the molecule is c1ccc(-c2ccc3cc(-c4nc(-c5ccccc5)nc(-c5ccc6c(c5)sc5ccc7nc(-c8cccc9c8sc8ccccc89)sc7c56)n4)ccc3c2)cc1. The summed E-state index contributed by atoms with van der Waals surface area (Å²) in [6, 6.07) is 60.1. The van der Waals surface area contributed by atoms with E-state index in [4.69, 9.17) is 19.9 Å². The number of rotatable bonds is 5. The Hall–Kier alpha value is -6.64. The predicted molar refractivity (Wildman–Crippen MR) is 243 cm³/mol. The molecule has 0 amide bonds. The van der Waals surface area contributed by atoms with E-state index in [-0.39, 0.29) is 0 Å². The van der Waals surface area contributed by atoms with Crippen LogP contribution < -0.4 is 0 Å². The number of hydrogen-bond acceptors (Lipinski definition) is 7. The fraction of sp³-hybridized carbons (Fsp3) is 0. The Bertz CT molecular complexity index is 3530. The highest BCUT2D eigenvalue weighted by Crippen LogP contribution is 2.46. The van der Waals surface area contributed by atoms with Crippen molar-refractivity contribution in [2.75, 3.05) is 0 Å². The van der Waals surface area contributed by atoms with Crippen molar-refractivity contribution in [3.05, 3.63) is 170 Å². The van der Waals surface area contributed by atoms with Crippen molar-refractivity contribution in [1.82, 2.24) is 19.9 Å². The van der Waals surface area contributed by atoms with Crippen LogP contribution in [-0.4, -0.2) is 19.9 Å². The molecule has 8 aromatic carbocycles. The van der Waals surface area contributed by atoms with E-state index in [0.717, 1.165) is 32.6 Å². The van der Waals surface area contributed by atoms with Crippen molar-refractivity contribution >= 4 is 95.3 Å². The van der Waals surface area contributed by atoms with Gasteiger partial charge < -0.3 is 0 Å². The normalized spacial score (nSPS) is 11.9. The topological polar surface area (TPSA) is 51.6 Å². The maximum atomic E-state index is 5.22. The molecule has 0 aliphatic heterocycles. The van der Waals surface area contributed by atoms with Crippen molar-refractivity contribution in [3.63, 3.8) is 0 Å². The molecule has 0 radical (unpaired) electrons. The third-order valence-electron chi connectivity index (χ3n) is 10.8. The lowest BCUT2D eigenvalue weighted by molar-refractivity contribution is 1.08. The number of thiazole rings is 1. The lowest BCUT2D eigenvalue weighted by Gasteiger charge is -2.10. The number of aromatic nitrogens is 4. The monoisotopic (exact) mass is 780 g/mol. The lowest BCUT2D eigenvalue weighted by Crippen LogP contribution is -2.00. The van der Waals surface area contributed by atoms with Crippen LogP contribution >= 0.6 is 34.0 Å². The molecule has 0 spiro atoms. The summed E-state index contributed by atoms with van der Waals surface area (Å²) in [4.78, 5) is 20.5. The Morgan fingerprint density at radius 1 is 0.333 bits per heavy atom. The van der Waals surface area contributed by atoms with Gasteiger partial charge in [0.15, 0.2) is 17.5 Å². The smallest absolute Gasteiger partial charge is 0.164 e. The van der Waals surface area contributed by atoms with Gasteiger partial charge in [0.2, 0.25) is 0 Å². The van der Waals surface area contributed by atoms with Crippen molar-refractivity contribution in [3.8, 4) is 55.9 Å². The fourth-order valence-corrected chi connectivity index (χ4v) is 11.6. The number of thiophene rings is 2. The molecular weight excluding hydrogens is 753 g/mol. The minimum atomic E-state index is 0.650. The van der Waals surface area contributed by atoms with E-state index in [1.165, 1.54) is 67.1 Å². The first-order chi connectivity index (χ1) is 28.2. The summed E-state index contributed by atoms with van der Waals surface area (Å²) in [5.41, 5.74) is 7.50. The highest BCUT2D eigenvalue weighted by atomic mass is 32.1. The molecule has 0 fully saturated rings. The number of benzene rings is 8. The lowest BCUT2D eigenvalue weighted by atomic mass is 10.00. The number of nitrogens with zero attached hydrogens (tertiary/aromatic N) is 4. The van der Waals surface area contributed by atoms with Gasteiger partial charge in [0.05, 0.1) is 10.2 Å². The maximum absolute atomic E-state index is 5.22. The predicted octanol–water partition coefficient (Wildman–Crippen LogP) is 14.7. The van der Waals surface area contributed by atoms with Crippen LogP contribution in [0.1, 0.15) is 0 Å². The van der Waals surface area contributed by atoms with Gasteiger partial charge in [0.1, 0.15) is 5.01 Å². The molecule has 12 rings (SSSR count). The zero-order chi connectivity index (χ0) is 37.5. The van der Waals surface area contributed by atoms with Gasteiger partial charge in [-0.2, -0.15) is 0 Å². The molecule has 266 valence electrons. The number of fused-ring (bicyclic) bond motifs is 9. The summed E-state index contributed by atoms with van der Waals surface area (Å²) < 4.78 is 6.26. The first-order valence-electron chi connectivity index (χ1n) is 18.8. The highest BCUT2D eigenvalue weighted by molar-refractivity contribution is 7.29. The molecular formula is C50H28N4S3. The molecule has 4 nitrogen and oxygen atoms in total. The van der Waals surface area contributed by atoms with E-state index in [1.807, 2.05) is 46.9 Å². The van der Waals surface area contributed by atoms with Gasteiger partial charge in [-0.05, 0) is 58.3 Å². The Kier molecular flexibility index (Phi) is 7.41. The zero-order valence-corrected chi connectivity index (χ0v) is 32.6. The van der Waals surface area contributed by atoms with E-state index in [1.54, 1.807) is 11.3 Å². The van der Waals surface area contributed by atoms with Crippen LogP contribution in [0.3, 0.4) is 0 Å². The van der Waals surface area contributed by atoms with Crippen LogP contribution in [0, 0.1) is 0 Å². The molecule has 0 aliphatic carbocycles. The summed E-state index contributed by atoms with van der Waals surface area (Å²) in [5, 5.41) is 8.45. The summed E-state index contributed by atoms with van der Waals surface area (Å²) in [6.45, 7) is 0. The molecule has 57 heavy (non-hydrogen) atoms. The van der Waals surface area contributed by atoms with Crippen molar-refractivity contribution in [2.45, 2.75) is 0 Å². The Labute approximate surface area is 339 Å². The molecule has 0 atom stereocenters. The molecule has 0 saturated heterocycles. The van der Waals surface area contributed by atoms with Crippen LogP contribution in [0.15, 0.2) is 170 Å². The molecule has 4 aromatic heterocycles. The summed E-state index contributed by atoms with van der Waals surface area (Å²) in [7, 11) is 0. The third-order valence-corrected chi connectivity index (χ3v) is 14.2. The zero-order valence-electron chi connectivity index (χ0n) is 30.2. The molecule has 12 aromatic rings. The van der Waals surface area contributed by atoms with Crippen molar-refractivity contribution in [2.24, 2.45) is 0 Å². The van der Waals surface area contributed by atoms with E-state index in [9.17, 15) is 0 Å². The van der Waals surface area contributed by atoms with Crippen LogP contribution in [-0.2, 0) is 0 Å². The largest absolute Gasteiger partial charge is 0.236 e. The first-order valence-corrected chi connectivity index (χ1v) is 21.2. The standard InChI is InChI=1S/C50H28N4S3/c1-3-10-29(11-4-1)31-18-19-33-27-34(21-20-32(33)26-31)48-52-47(30-12-5-2-6-13-30)53-49(54-48)35-22-23-38-43(28-35)55-42-25-24-40-46(44(38)42)57-50(51-40)39-16-9-15-37-36-14-7-8-17-41(36)56-45(37)39/h1-28H. The first kappa shape index (κ1) is 32.6.